The fourth-order valence-electron chi connectivity index (χ4n) is 2.29. The molecule has 3 N–H and O–H groups in total. The molecule has 27 heavy (non-hydrogen) atoms. The Balaban J connectivity index is 1.68. The maximum absolute atomic E-state index is 12.1. The molecule has 0 aliphatic heterocycles. The second-order valence-corrected chi connectivity index (χ2v) is 6.08. The van der Waals surface area contributed by atoms with E-state index in [0.717, 1.165) is 5.56 Å². The highest BCUT2D eigenvalue weighted by Crippen LogP contribution is 2.02. The lowest BCUT2D eigenvalue weighted by Gasteiger charge is -2.18. The van der Waals surface area contributed by atoms with Crippen LogP contribution in [0, 0.1) is 0 Å². The number of hydrogen-bond donors (Lipinski definition) is 3. The monoisotopic (exact) mass is 372 g/mol. The molecular weight excluding hydrogens is 348 g/mol. The van der Waals surface area contributed by atoms with E-state index in [4.69, 9.17) is 4.42 Å². The van der Waals surface area contributed by atoms with Gasteiger partial charge in [0.25, 0.3) is 0 Å². The summed E-state index contributed by atoms with van der Waals surface area (Å²) in [7, 11) is 1.67. The molecule has 1 atom stereocenters. The zero-order valence-electron chi connectivity index (χ0n) is 15.4. The second kappa shape index (κ2) is 10.0. The van der Waals surface area contributed by atoms with E-state index in [0.29, 0.717) is 12.3 Å². The van der Waals surface area contributed by atoms with Crippen LogP contribution >= 0.6 is 0 Å². The van der Waals surface area contributed by atoms with Crippen molar-refractivity contribution in [2.75, 3.05) is 13.6 Å². The second-order valence-electron chi connectivity index (χ2n) is 6.08. The molecule has 2 aromatic rings. The first kappa shape index (κ1) is 20.0. The average molecular weight is 372 g/mol. The maximum Gasteiger partial charge on any atom is 0.315 e. The average Bonchev–Trinajstić information content (AvgIpc) is 3.18. The SMILES string of the molecule is CC(NC(=O)NCC(=O)N(C)Cc1ccccc1)C(=O)NCc1ccco1. The Hall–Kier alpha value is -3.29. The van der Waals surface area contributed by atoms with Crippen LogP contribution < -0.4 is 16.0 Å². The van der Waals surface area contributed by atoms with Gasteiger partial charge in [-0.15, -0.1) is 0 Å². The van der Waals surface area contributed by atoms with E-state index in [1.807, 2.05) is 30.3 Å². The van der Waals surface area contributed by atoms with E-state index in [1.165, 1.54) is 11.2 Å². The summed E-state index contributed by atoms with van der Waals surface area (Å²) in [6, 6.07) is 11.7. The van der Waals surface area contributed by atoms with Crippen molar-refractivity contribution >= 4 is 17.8 Å². The fraction of sp³-hybridized carbons (Fsp3) is 0.316. The molecule has 0 saturated heterocycles. The number of hydrogen-bond acceptors (Lipinski definition) is 4. The van der Waals surface area contributed by atoms with Gasteiger partial charge in [0.2, 0.25) is 11.8 Å². The first-order chi connectivity index (χ1) is 13.0. The summed E-state index contributed by atoms with van der Waals surface area (Å²) in [6.07, 6.45) is 1.52. The van der Waals surface area contributed by atoms with E-state index in [2.05, 4.69) is 16.0 Å². The van der Waals surface area contributed by atoms with E-state index in [1.54, 1.807) is 26.1 Å². The number of amides is 4. The van der Waals surface area contributed by atoms with Crippen molar-refractivity contribution in [1.82, 2.24) is 20.9 Å². The van der Waals surface area contributed by atoms with Gasteiger partial charge in [0.05, 0.1) is 19.4 Å². The van der Waals surface area contributed by atoms with Crippen molar-refractivity contribution in [3.8, 4) is 0 Å². The largest absolute Gasteiger partial charge is 0.467 e. The van der Waals surface area contributed by atoms with Crippen LogP contribution in [0.3, 0.4) is 0 Å². The summed E-state index contributed by atoms with van der Waals surface area (Å²) in [5.74, 6) is 0.0325. The molecule has 144 valence electrons. The van der Waals surface area contributed by atoms with Crippen molar-refractivity contribution in [1.29, 1.82) is 0 Å². The van der Waals surface area contributed by atoms with E-state index >= 15 is 0 Å². The maximum atomic E-state index is 12.1. The molecule has 0 saturated carbocycles. The first-order valence-electron chi connectivity index (χ1n) is 8.58. The Morgan fingerprint density at radius 2 is 1.81 bits per heavy atom. The minimum atomic E-state index is -0.753. The lowest BCUT2D eigenvalue weighted by molar-refractivity contribution is -0.129. The smallest absolute Gasteiger partial charge is 0.315 e. The zero-order chi connectivity index (χ0) is 19.6. The molecule has 1 aromatic carbocycles. The highest BCUT2D eigenvalue weighted by molar-refractivity contribution is 5.88. The third-order valence-corrected chi connectivity index (χ3v) is 3.85. The van der Waals surface area contributed by atoms with Crippen LogP contribution in [0.4, 0.5) is 4.79 Å². The predicted molar refractivity (Wildman–Crippen MR) is 99.5 cm³/mol. The standard InChI is InChI=1S/C19H24N4O4/c1-14(18(25)20-11-16-9-6-10-27-16)22-19(26)21-12-17(24)23(2)13-15-7-4-3-5-8-15/h3-10,14H,11-13H2,1-2H3,(H,20,25)(H2,21,22,26). The molecule has 8 nitrogen and oxygen atoms in total. The summed E-state index contributed by atoms with van der Waals surface area (Å²) in [4.78, 5) is 37.5. The Labute approximate surface area is 157 Å². The van der Waals surface area contributed by atoms with E-state index in [-0.39, 0.29) is 24.9 Å². The summed E-state index contributed by atoms with van der Waals surface area (Å²) in [6.45, 7) is 2.09. The van der Waals surface area contributed by atoms with Crippen LogP contribution in [-0.4, -0.2) is 42.4 Å². The quantitative estimate of drug-likeness (QED) is 0.649. The number of likely N-dealkylation sites (N-methyl/N-ethyl adjacent to an activating group) is 1. The highest BCUT2D eigenvalue weighted by Gasteiger charge is 2.17. The van der Waals surface area contributed by atoms with Crippen LogP contribution in [0.1, 0.15) is 18.2 Å². The van der Waals surface area contributed by atoms with Crippen molar-refractivity contribution in [3.63, 3.8) is 0 Å². The molecule has 0 bridgehead atoms. The summed E-state index contributed by atoms with van der Waals surface area (Å²) in [5.41, 5.74) is 1.000. The number of nitrogens with one attached hydrogen (secondary N) is 3. The molecule has 0 aliphatic carbocycles. The van der Waals surface area contributed by atoms with Gasteiger partial charge in [-0.1, -0.05) is 30.3 Å². The van der Waals surface area contributed by atoms with Gasteiger partial charge in [0, 0.05) is 13.6 Å². The van der Waals surface area contributed by atoms with Crippen molar-refractivity contribution in [2.45, 2.75) is 26.1 Å². The van der Waals surface area contributed by atoms with Crippen LogP contribution in [0.15, 0.2) is 53.1 Å². The van der Waals surface area contributed by atoms with E-state index in [9.17, 15) is 14.4 Å². The Morgan fingerprint density at radius 3 is 2.48 bits per heavy atom. The highest BCUT2D eigenvalue weighted by atomic mass is 16.3. The number of furan rings is 1. The Kier molecular flexibility index (Phi) is 7.42. The number of benzene rings is 1. The van der Waals surface area contributed by atoms with Crippen molar-refractivity contribution in [2.24, 2.45) is 0 Å². The minimum Gasteiger partial charge on any atom is -0.467 e. The molecule has 0 spiro atoms. The van der Waals surface area contributed by atoms with Gasteiger partial charge >= 0.3 is 6.03 Å². The lowest BCUT2D eigenvalue weighted by atomic mass is 10.2. The Morgan fingerprint density at radius 1 is 1.07 bits per heavy atom. The van der Waals surface area contributed by atoms with Crippen LogP contribution in [0.25, 0.3) is 0 Å². The van der Waals surface area contributed by atoms with E-state index < -0.39 is 12.1 Å². The number of carbonyl (C=O) groups is 3. The molecule has 8 heteroatoms. The van der Waals surface area contributed by atoms with Gasteiger partial charge in [-0.3, -0.25) is 9.59 Å². The third kappa shape index (κ3) is 6.85. The van der Waals surface area contributed by atoms with Crippen molar-refractivity contribution in [3.05, 3.63) is 60.1 Å². The first-order valence-corrected chi connectivity index (χ1v) is 8.58. The normalized spacial score (nSPS) is 11.3. The van der Waals surface area contributed by atoms with Gasteiger partial charge in [0.1, 0.15) is 11.8 Å². The topological polar surface area (TPSA) is 104 Å². The zero-order valence-corrected chi connectivity index (χ0v) is 15.4. The molecule has 1 unspecified atom stereocenters. The number of rotatable bonds is 8. The van der Waals surface area contributed by atoms with Crippen LogP contribution in [0.5, 0.6) is 0 Å². The van der Waals surface area contributed by atoms with Gasteiger partial charge in [0.15, 0.2) is 0 Å². The minimum absolute atomic E-state index is 0.157. The molecule has 1 aromatic heterocycles. The summed E-state index contributed by atoms with van der Waals surface area (Å²) >= 11 is 0. The molecular formula is C19H24N4O4. The number of carbonyl (C=O) groups excluding carboxylic acids is 3. The van der Waals surface area contributed by atoms with Crippen LogP contribution in [0.2, 0.25) is 0 Å². The molecule has 0 radical (unpaired) electrons. The molecule has 1 heterocycles. The Bertz CT molecular complexity index is 746. The number of urea groups is 1. The fourth-order valence-corrected chi connectivity index (χ4v) is 2.29. The third-order valence-electron chi connectivity index (χ3n) is 3.85. The molecule has 2 rings (SSSR count). The molecule has 0 aliphatic rings. The lowest BCUT2D eigenvalue weighted by Crippen LogP contribution is -2.50. The van der Waals surface area contributed by atoms with Gasteiger partial charge < -0.3 is 25.3 Å². The summed E-state index contributed by atoms with van der Waals surface area (Å²) in [5, 5.41) is 7.61. The van der Waals surface area contributed by atoms with Gasteiger partial charge in [-0.2, -0.15) is 0 Å². The predicted octanol–water partition coefficient (Wildman–Crippen LogP) is 1.24. The van der Waals surface area contributed by atoms with Crippen LogP contribution in [-0.2, 0) is 22.7 Å². The number of nitrogens with zero attached hydrogens (tertiary/aromatic N) is 1. The summed E-state index contributed by atoms with van der Waals surface area (Å²) < 4.78 is 5.12. The van der Waals surface area contributed by atoms with Crippen molar-refractivity contribution < 1.29 is 18.8 Å². The van der Waals surface area contributed by atoms with Gasteiger partial charge in [-0.25, -0.2) is 4.79 Å². The molecule has 0 fully saturated rings. The van der Waals surface area contributed by atoms with Gasteiger partial charge in [-0.05, 0) is 24.6 Å². The molecule has 4 amide bonds.